The van der Waals surface area contributed by atoms with E-state index in [1.807, 2.05) is 32.0 Å². The average Bonchev–Trinajstić information content (AvgIpc) is 2.70. The molecule has 152 valence electrons. The highest BCUT2D eigenvalue weighted by molar-refractivity contribution is 7.96. The van der Waals surface area contributed by atoms with E-state index in [2.05, 4.69) is 0 Å². The van der Waals surface area contributed by atoms with Gasteiger partial charge in [0, 0.05) is 30.0 Å². The monoisotopic (exact) mass is 430 g/mol. The molecule has 1 fully saturated rings. The maximum Gasteiger partial charge on any atom is 0.267 e. The molecule has 0 unspecified atom stereocenters. The van der Waals surface area contributed by atoms with E-state index in [1.165, 1.54) is 12.3 Å². The Bertz CT molecular complexity index is 1120. The normalized spacial score (nSPS) is 18.2. The molecule has 0 aromatic heterocycles. The van der Waals surface area contributed by atoms with Gasteiger partial charge >= 0.3 is 0 Å². The van der Waals surface area contributed by atoms with Crippen molar-refractivity contribution in [1.29, 1.82) is 0 Å². The molecule has 2 aromatic carbocycles. The van der Waals surface area contributed by atoms with Crippen LogP contribution in [0.3, 0.4) is 0 Å². The molecule has 0 aliphatic carbocycles. The number of carbonyl (C=O) groups is 1. The number of halogens is 1. The van der Waals surface area contributed by atoms with E-state index in [-0.39, 0.29) is 9.80 Å². The molecule has 2 aromatic rings. The third kappa shape index (κ3) is 3.55. The van der Waals surface area contributed by atoms with Crippen LogP contribution < -0.4 is 4.90 Å². The summed E-state index contributed by atoms with van der Waals surface area (Å²) in [5.41, 5.74) is 3.46. The molecule has 0 radical (unpaired) electrons. The maximum absolute atomic E-state index is 13.3. The molecule has 5 nitrogen and oxygen atoms in total. The molecular weight excluding hydrogens is 408 g/mol. The Hall–Kier alpha value is -2.31. The predicted molar refractivity (Wildman–Crippen MR) is 115 cm³/mol. The van der Waals surface area contributed by atoms with Crippen LogP contribution in [0.15, 0.2) is 52.4 Å². The average molecular weight is 431 g/mol. The van der Waals surface area contributed by atoms with Gasteiger partial charge in [-0.1, -0.05) is 17.7 Å². The fourth-order valence-corrected chi connectivity index (χ4v) is 5.48. The predicted octanol–water partition coefficient (Wildman–Crippen LogP) is 4.74. The summed E-state index contributed by atoms with van der Waals surface area (Å²) < 4.78 is 26.6. The minimum Gasteiger partial charge on any atom is -0.338 e. The zero-order valence-electron chi connectivity index (χ0n) is 16.5. The Kier molecular flexibility index (Phi) is 5.17. The van der Waals surface area contributed by atoms with Crippen LogP contribution >= 0.6 is 11.6 Å². The first-order valence-electron chi connectivity index (χ1n) is 9.71. The second-order valence-corrected chi connectivity index (χ2v) is 9.92. The molecule has 1 saturated heterocycles. The van der Waals surface area contributed by atoms with Gasteiger partial charge in [0.15, 0.2) is 4.91 Å². The molecule has 29 heavy (non-hydrogen) atoms. The highest BCUT2D eigenvalue weighted by Crippen LogP contribution is 2.41. The molecular formula is C22H23ClN2O3S. The number of rotatable bonds is 2. The van der Waals surface area contributed by atoms with Crippen molar-refractivity contribution in [2.24, 2.45) is 0 Å². The van der Waals surface area contributed by atoms with Crippen LogP contribution in [0.1, 0.15) is 30.4 Å². The Morgan fingerprint density at radius 3 is 2.38 bits per heavy atom. The summed E-state index contributed by atoms with van der Waals surface area (Å²) in [4.78, 5) is 16.5. The smallest absolute Gasteiger partial charge is 0.267 e. The van der Waals surface area contributed by atoms with E-state index < -0.39 is 15.7 Å². The van der Waals surface area contributed by atoms with Crippen LogP contribution in [-0.4, -0.2) is 32.3 Å². The van der Waals surface area contributed by atoms with Crippen LogP contribution in [-0.2, 0) is 14.6 Å². The summed E-state index contributed by atoms with van der Waals surface area (Å²) >= 11 is 6.18. The van der Waals surface area contributed by atoms with Crippen LogP contribution in [0.5, 0.6) is 0 Å². The topological polar surface area (TPSA) is 57.7 Å². The molecule has 0 spiro atoms. The standard InChI is InChI=1S/C22H23ClN2O3S/c1-15-6-8-18(12-16(15)2)25-14-21(22(26)24-10-4-3-5-11-24)29(27,28)20-9-7-17(23)13-19(20)25/h6-9,12-14H,3-5,10-11H2,1-2H3. The summed E-state index contributed by atoms with van der Waals surface area (Å²) in [7, 11) is -3.94. The number of sulfone groups is 1. The highest BCUT2D eigenvalue weighted by Gasteiger charge is 2.38. The van der Waals surface area contributed by atoms with Crippen molar-refractivity contribution >= 4 is 38.7 Å². The van der Waals surface area contributed by atoms with Gasteiger partial charge in [0.2, 0.25) is 9.84 Å². The zero-order valence-corrected chi connectivity index (χ0v) is 18.1. The molecule has 0 N–H and O–H groups in total. The summed E-state index contributed by atoms with van der Waals surface area (Å²) in [5, 5.41) is 0.437. The van der Waals surface area contributed by atoms with Gasteiger partial charge in [-0.05, 0) is 74.6 Å². The van der Waals surface area contributed by atoms with E-state index in [9.17, 15) is 13.2 Å². The zero-order chi connectivity index (χ0) is 20.8. The minimum atomic E-state index is -3.94. The Labute approximate surface area is 176 Å². The largest absolute Gasteiger partial charge is 0.338 e. The van der Waals surface area contributed by atoms with Gasteiger partial charge in [-0.15, -0.1) is 0 Å². The van der Waals surface area contributed by atoms with Crippen molar-refractivity contribution < 1.29 is 13.2 Å². The number of anilines is 2. The summed E-state index contributed by atoms with van der Waals surface area (Å²) in [5.74, 6) is -0.431. The molecule has 2 heterocycles. The van der Waals surface area contributed by atoms with Crippen molar-refractivity contribution in [3.05, 3.63) is 63.7 Å². The van der Waals surface area contributed by atoms with Gasteiger partial charge in [0.1, 0.15) is 0 Å². The van der Waals surface area contributed by atoms with E-state index in [0.717, 1.165) is 36.1 Å². The third-order valence-corrected chi connectivity index (χ3v) is 7.65. The van der Waals surface area contributed by atoms with E-state index >= 15 is 0 Å². The Morgan fingerprint density at radius 2 is 1.69 bits per heavy atom. The van der Waals surface area contributed by atoms with Crippen molar-refractivity contribution in [3.8, 4) is 0 Å². The van der Waals surface area contributed by atoms with Crippen LogP contribution in [0.4, 0.5) is 11.4 Å². The third-order valence-electron chi connectivity index (χ3n) is 5.63. The molecule has 0 saturated carbocycles. The van der Waals surface area contributed by atoms with Crippen LogP contribution in [0.2, 0.25) is 5.02 Å². The van der Waals surface area contributed by atoms with Gasteiger partial charge in [0.25, 0.3) is 5.91 Å². The van der Waals surface area contributed by atoms with Crippen molar-refractivity contribution in [1.82, 2.24) is 4.90 Å². The molecule has 4 rings (SSSR count). The number of likely N-dealkylation sites (tertiary alicyclic amines) is 1. The first-order chi connectivity index (χ1) is 13.8. The number of amides is 1. The first kappa shape index (κ1) is 20.0. The van der Waals surface area contributed by atoms with Gasteiger partial charge in [-0.3, -0.25) is 4.79 Å². The molecule has 2 aliphatic rings. The summed E-state index contributed by atoms with van der Waals surface area (Å²) in [6.07, 6.45) is 4.30. The lowest BCUT2D eigenvalue weighted by molar-refractivity contribution is -0.127. The van der Waals surface area contributed by atoms with E-state index in [1.54, 1.807) is 21.9 Å². The quantitative estimate of drug-likeness (QED) is 0.690. The van der Waals surface area contributed by atoms with Gasteiger partial charge in [-0.25, -0.2) is 8.42 Å². The first-order valence-corrected chi connectivity index (χ1v) is 11.6. The second kappa shape index (κ2) is 7.50. The van der Waals surface area contributed by atoms with Gasteiger partial charge < -0.3 is 9.80 Å². The number of piperidine rings is 1. The Balaban J connectivity index is 1.89. The van der Waals surface area contributed by atoms with Crippen molar-refractivity contribution in [2.75, 3.05) is 18.0 Å². The molecule has 1 amide bonds. The lowest BCUT2D eigenvalue weighted by Crippen LogP contribution is -2.39. The Morgan fingerprint density at radius 1 is 0.966 bits per heavy atom. The highest BCUT2D eigenvalue weighted by atomic mass is 35.5. The summed E-state index contributed by atoms with van der Waals surface area (Å²) in [6, 6.07) is 10.5. The van der Waals surface area contributed by atoms with Crippen LogP contribution in [0, 0.1) is 13.8 Å². The number of hydrogen-bond donors (Lipinski definition) is 0. The van der Waals surface area contributed by atoms with Gasteiger partial charge in [0.05, 0.1) is 10.6 Å². The fraction of sp³-hybridized carbons (Fsp3) is 0.318. The maximum atomic E-state index is 13.3. The number of carbonyl (C=O) groups excluding carboxylic acids is 1. The van der Waals surface area contributed by atoms with E-state index in [4.69, 9.17) is 11.6 Å². The minimum absolute atomic E-state index is 0.1000. The van der Waals surface area contributed by atoms with Crippen molar-refractivity contribution in [2.45, 2.75) is 38.0 Å². The van der Waals surface area contributed by atoms with Crippen LogP contribution in [0.25, 0.3) is 0 Å². The summed E-state index contributed by atoms with van der Waals surface area (Å²) in [6.45, 7) is 5.19. The molecule has 0 atom stereocenters. The number of hydrogen-bond acceptors (Lipinski definition) is 4. The van der Waals surface area contributed by atoms with E-state index in [0.29, 0.717) is 23.8 Å². The number of benzene rings is 2. The van der Waals surface area contributed by atoms with Crippen molar-refractivity contribution in [3.63, 3.8) is 0 Å². The molecule has 7 heteroatoms. The number of aryl methyl sites for hydroxylation is 2. The SMILES string of the molecule is Cc1ccc(N2C=C(C(=O)N3CCCCC3)S(=O)(=O)c3ccc(Cl)cc32)cc1C. The number of nitrogens with zero attached hydrogens (tertiary/aromatic N) is 2. The molecule has 2 aliphatic heterocycles. The van der Waals surface area contributed by atoms with Gasteiger partial charge in [-0.2, -0.15) is 0 Å². The molecule has 0 bridgehead atoms. The lowest BCUT2D eigenvalue weighted by atomic mass is 10.1. The number of fused-ring (bicyclic) bond motifs is 1. The fourth-order valence-electron chi connectivity index (χ4n) is 3.79. The second-order valence-electron chi connectivity index (χ2n) is 7.60. The lowest BCUT2D eigenvalue weighted by Gasteiger charge is -2.32.